The van der Waals surface area contributed by atoms with Crippen LogP contribution in [0.15, 0.2) is 52.1 Å². The largest absolute Gasteiger partial charge is 0.502 e. The Balaban J connectivity index is 1.96. The Kier molecular flexibility index (Phi) is 2.59. The van der Waals surface area contributed by atoms with E-state index in [1.807, 2.05) is 6.20 Å². The highest BCUT2D eigenvalue weighted by atomic mass is 19.1. The van der Waals surface area contributed by atoms with Crippen LogP contribution in [0.3, 0.4) is 0 Å². The van der Waals surface area contributed by atoms with Crippen molar-refractivity contribution < 1.29 is 13.9 Å². The van der Waals surface area contributed by atoms with Crippen molar-refractivity contribution in [1.29, 1.82) is 0 Å². The molecule has 3 aromatic rings. The summed E-state index contributed by atoms with van der Waals surface area (Å²) in [5, 5.41) is 10.8. The van der Waals surface area contributed by atoms with Crippen LogP contribution in [0.25, 0.3) is 10.8 Å². The summed E-state index contributed by atoms with van der Waals surface area (Å²) < 4.78 is 20.0. The summed E-state index contributed by atoms with van der Waals surface area (Å²) >= 11 is 0. The van der Waals surface area contributed by atoms with Crippen LogP contribution in [-0.2, 0) is 6.54 Å². The van der Waals surface area contributed by atoms with Crippen molar-refractivity contribution in [2.24, 2.45) is 0 Å². The standard InChI is InChI=1S/C14H10FNO3/c15-11-2-1-9-5-16(6-10(9)3-11)7-12-4-13(17)14(18)8-19-12/h1-6,8,18H,7H2. The van der Waals surface area contributed by atoms with Gasteiger partial charge >= 0.3 is 0 Å². The molecule has 0 spiro atoms. The summed E-state index contributed by atoms with van der Waals surface area (Å²) in [5.74, 6) is -0.284. The molecule has 96 valence electrons. The van der Waals surface area contributed by atoms with Crippen LogP contribution in [0.4, 0.5) is 4.39 Å². The molecule has 4 nitrogen and oxygen atoms in total. The van der Waals surface area contributed by atoms with Crippen LogP contribution in [0.5, 0.6) is 5.75 Å². The number of rotatable bonds is 2. The summed E-state index contributed by atoms with van der Waals surface area (Å²) in [4.78, 5) is 11.3. The molecule has 0 amide bonds. The van der Waals surface area contributed by atoms with Crippen molar-refractivity contribution in [3.63, 3.8) is 0 Å². The first-order valence-electron chi connectivity index (χ1n) is 5.67. The van der Waals surface area contributed by atoms with Crippen LogP contribution in [-0.4, -0.2) is 9.67 Å². The number of aromatic hydroxyl groups is 1. The molecule has 0 aliphatic carbocycles. The van der Waals surface area contributed by atoms with Gasteiger partial charge in [0.05, 0.1) is 6.54 Å². The summed E-state index contributed by atoms with van der Waals surface area (Å²) in [6.07, 6.45) is 4.62. The van der Waals surface area contributed by atoms with E-state index in [1.54, 1.807) is 16.8 Å². The maximum atomic E-state index is 13.1. The van der Waals surface area contributed by atoms with Gasteiger partial charge in [-0.2, -0.15) is 0 Å². The molecule has 1 aromatic carbocycles. The molecular formula is C14H10FNO3. The third-order valence-corrected chi connectivity index (χ3v) is 2.86. The molecule has 0 bridgehead atoms. The molecule has 0 unspecified atom stereocenters. The lowest BCUT2D eigenvalue weighted by molar-refractivity contribution is 0.408. The van der Waals surface area contributed by atoms with E-state index < -0.39 is 11.2 Å². The number of halogens is 1. The maximum Gasteiger partial charge on any atom is 0.226 e. The maximum absolute atomic E-state index is 13.1. The molecule has 0 saturated carbocycles. The second-order valence-electron chi connectivity index (χ2n) is 4.30. The van der Waals surface area contributed by atoms with Crippen LogP contribution in [0.2, 0.25) is 0 Å². The van der Waals surface area contributed by atoms with Crippen molar-refractivity contribution in [1.82, 2.24) is 4.57 Å². The minimum Gasteiger partial charge on any atom is -0.502 e. The molecular weight excluding hydrogens is 249 g/mol. The van der Waals surface area contributed by atoms with Gasteiger partial charge < -0.3 is 14.1 Å². The predicted octanol–water partition coefficient (Wildman–Crippen LogP) is 2.49. The zero-order chi connectivity index (χ0) is 13.4. The van der Waals surface area contributed by atoms with Crippen LogP contribution in [0.1, 0.15) is 5.76 Å². The summed E-state index contributed by atoms with van der Waals surface area (Å²) in [6, 6.07) is 5.76. The van der Waals surface area contributed by atoms with Gasteiger partial charge in [0, 0.05) is 23.8 Å². The predicted molar refractivity (Wildman–Crippen MR) is 67.6 cm³/mol. The van der Waals surface area contributed by atoms with E-state index in [9.17, 15) is 9.18 Å². The van der Waals surface area contributed by atoms with Crippen LogP contribution < -0.4 is 5.43 Å². The fraction of sp³-hybridized carbons (Fsp3) is 0.0714. The highest BCUT2D eigenvalue weighted by molar-refractivity contribution is 5.82. The van der Waals surface area contributed by atoms with Crippen molar-refractivity contribution in [3.8, 4) is 5.75 Å². The Hall–Kier alpha value is -2.56. The second-order valence-corrected chi connectivity index (χ2v) is 4.30. The molecule has 3 rings (SSSR count). The van der Waals surface area contributed by atoms with E-state index in [1.165, 1.54) is 18.2 Å². The topological polar surface area (TPSA) is 55.4 Å². The number of hydrogen-bond acceptors (Lipinski definition) is 3. The molecule has 0 atom stereocenters. The lowest BCUT2D eigenvalue weighted by Crippen LogP contribution is -2.03. The molecule has 0 aliphatic rings. The first-order valence-corrected chi connectivity index (χ1v) is 5.67. The third-order valence-electron chi connectivity index (χ3n) is 2.86. The number of benzene rings is 1. The van der Waals surface area contributed by atoms with Crippen molar-refractivity contribution >= 4 is 10.8 Å². The molecule has 0 aliphatic heterocycles. The molecule has 0 radical (unpaired) electrons. The first kappa shape index (κ1) is 11.5. The Morgan fingerprint density at radius 3 is 2.79 bits per heavy atom. The average molecular weight is 259 g/mol. The smallest absolute Gasteiger partial charge is 0.226 e. The van der Waals surface area contributed by atoms with Gasteiger partial charge in [-0.25, -0.2) is 4.39 Å². The number of fused-ring (bicyclic) bond motifs is 1. The minimum absolute atomic E-state index is 0.290. The van der Waals surface area contributed by atoms with E-state index >= 15 is 0 Å². The minimum atomic E-state index is -0.482. The lowest BCUT2D eigenvalue weighted by atomic mass is 10.2. The fourth-order valence-corrected chi connectivity index (χ4v) is 1.97. The summed E-state index contributed by atoms with van der Waals surface area (Å²) in [5.41, 5.74) is -0.482. The highest BCUT2D eigenvalue weighted by Gasteiger charge is 2.05. The molecule has 0 saturated heterocycles. The van der Waals surface area contributed by atoms with Crippen molar-refractivity contribution in [3.05, 3.63) is 64.7 Å². The van der Waals surface area contributed by atoms with E-state index in [0.717, 1.165) is 17.0 Å². The zero-order valence-electron chi connectivity index (χ0n) is 9.84. The van der Waals surface area contributed by atoms with Crippen molar-refractivity contribution in [2.75, 3.05) is 0 Å². The quantitative estimate of drug-likeness (QED) is 0.769. The Morgan fingerprint density at radius 1 is 1.21 bits per heavy atom. The Bertz CT molecular complexity index is 804. The molecule has 0 fully saturated rings. The van der Waals surface area contributed by atoms with Gasteiger partial charge in [-0.15, -0.1) is 0 Å². The summed E-state index contributed by atoms with van der Waals surface area (Å²) in [7, 11) is 0. The third kappa shape index (κ3) is 2.22. The molecule has 2 aromatic heterocycles. The van der Waals surface area contributed by atoms with E-state index in [4.69, 9.17) is 9.52 Å². The van der Waals surface area contributed by atoms with Crippen LogP contribution >= 0.6 is 0 Å². The Labute approximate surface area is 107 Å². The van der Waals surface area contributed by atoms with Crippen molar-refractivity contribution in [2.45, 2.75) is 6.54 Å². The van der Waals surface area contributed by atoms with Gasteiger partial charge in [0.15, 0.2) is 5.75 Å². The van der Waals surface area contributed by atoms with Gasteiger partial charge in [0.1, 0.15) is 17.8 Å². The molecule has 5 heteroatoms. The zero-order valence-corrected chi connectivity index (χ0v) is 9.84. The Morgan fingerprint density at radius 2 is 2.00 bits per heavy atom. The molecule has 1 N–H and O–H groups in total. The number of aromatic nitrogens is 1. The highest BCUT2D eigenvalue weighted by Crippen LogP contribution is 2.17. The number of nitrogens with zero attached hydrogens (tertiary/aromatic N) is 1. The number of hydrogen-bond donors (Lipinski definition) is 1. The van der Waals surface area contributed by atoms with Gasteiger partial charge in [0.2, 0.25) is 5.43 Å². The lowest BCUT2D eigenvalue weighted by Gasteiger charge is -2.01. The second kappa shape index (κ2) is 4.28. The fourth-order valence-electron chi connectivity index (χ4n) is 1.97. The van der Waals surface area contributed by atoms with E-state index in [-0.39, 0.29) is 5.82 Å². The van der Waals surface area contributed by atoms with Gasteiger partial charge in [-0.1, -0.05) is 0 Å². The van der Waals surface area contributed by atoms with E-state index in [2.05, 4.69) is 0 Å². The average Bonchev–Trinajstić information content (AvgIpc) is 2.75. The molecule has 2 heterocycles. The van der Waals surface area contributed by atoms with E-state index in [0.29, 0.717) is 12.3 Å². The van der Waals surface area contributed by atoms with Gasteiger partial charge in [-0.05, 0) is 23.6 Å². The van der Waals surface area contributed by atoms with Crippen LogP contribution in [0, 0.1) is 5.82 Å². The van der Waals surface area contributed by atoms with Gasteiger partial charge in [0.25, 0.3) is 0 Å². The van der Waals surface area contributed by atoms with Gasteiger partial charge in [-0.3, -0.25) is 4.79 Å². The summed E-state index contributed by atoms with van der Waals surface area (Å²) in [6.45, 7) is 0.339. The normalized spacial score (nSPS) is 11.0. The first-order chi connectivity index (χ1) is 9.11. The monoisotopic (exact) mass is 259 g/mol. The molecule has 19 heavy (non-hydrogen) atoms. The SMILES string of the molecule is O=c1cc(Cn2cc3ccc(F)cc3c2)occ1O.